The van der Waals surface area contributed by atoms with E-state index >= 15 is 0 Å². The van der Waals surface area contributed by atoms with Gasteiger partial charge in [0.25, 0.3) is 0 Å². The van der Waals surface area contributed by atoms with E-state index in [-0.39, 0.29) is 11.9 Å². The summed E-state index contributed by atoms with van der Waals surface area (Å²) in [5.74, 6) is 1.01. The van der Waals surface area contributed by atoms with Crippen LogP contribution < -0.4 is 4.74 Å². The highest BCUT2D eigenvalue weighted by Crippen LogP contribution is 2.35. The summed E-state index contributed by atoms with van der Waals surface area (Å²) < 4.78 is 5.65. The molecule has 0 bridgehead atoms. The van der Waals surface area contributed by atoms with E-state index < -0.39 is 0 Å². The van der Waals surface area contributed by atoms with Crippen molar-refractivity contribution in [3.8, 4) is 5.75 Å². The van der Waals surface area contributed by atoms with Gasteiger partial charge in [0, 0.05) is 11.4 Å². The fourth-order valence-electron chi connectivity index (χ4n) is 3.05. The van der Waals surface area contributed by atoms with Crippen molar-refractivity contribution in [3.63, 3.8) is 0 Å². The van der Waals surface area contributed by atoms with E-state index in [1.165, 1.54) is 10.4 Å². The average molecular weight is 315 g/mol. The first kappa shape index (κ1) is 15.1. The number of carbonyl (C=O) groups excluding carboxylic acids is 1. The molecular formula is C18H21NO2S. The van der Waals surface area contributed by atoms with Crippen LogP contribution in [0.3, 0.4) is 0 Å². The predicted octanol–water partition coefficient (Wildman–Crippen LogP) is 4.05. The molecule has 1 aliphatic heterocycles. The number of carbonyl (C=O) groups is 1. The van der Waals surface area contributed by atoms with E-state index in [2.05, 4.69) is 18.4 Å². The second-order valence-electron chi connectivity index (χ2n) is 5.47. The van der Waals surface area contributed by atoms with Crippen LogP contribution in [0, 0.1) is 0 Å². The molecule has 1 amide bonds. The molecule has 3 rings (SSSR count). The highest BCUT2D eigenvalue weighted by Gasteiger charge is 2.29. The van der Waals surface area contributed by atoms with Crippen LogP contribution in [0.2, 0.25) is 0 Å². The number of ether oxygens (including phenoxy) is 1. The largest absolute Gasteiger partial charge is 0.493 e. The smallest absolute Gasteiger partial charge is 0.226 e. The molecule has 0 fully saturated rings. The van der Waals surface area contributed by atoms with Gasteiger partial charge in [0.1, 0.15) is 5.75 Å². The molecule has 2 aromatic rings. The van der Waals surface area contributed by atoms with Gasteiger partial charge in [0.15, 0.2) is 0 Å². The van der Waals surface area contributed by atoms with Gasteiger partial charge in [-0.3, -0.25) is 4.79 Å². The summed E-state index contributed by atoms with van der Waals surface area (Å²) >= 11 is 1.81. The number of amides is 1. The van der Waals surface area contributed by atoms with Crippen molar-refractivity contribution in [2.45, 2.75) is 32.2 Å². The van der Waals surface area contributed by atoms with Crippen molar-refractivity contribution < 1.29 is 9.53 Å². The van der Waals surface area contributed by atoms with E-state index in [9.17, 15) is 4.79 Å². The van der Waals surface area contributed by atoms with E-state index in [0.717, 1.165) is 25.1 Å². The Hall–Kier alpha value is -1.81. The number of para-hydroxylation sites is 1. The summed E-state index contributed by atoms with van der Waals surface area (Å²) in [5.41, 5.74) is 1.34. The number of rotatable bonds is 5. The molecule has 0 spiro atoms. The molecule has 0 saturated carbocycles. The van der Waals surface area contributed by atoms with Gasteiger partial charge in [-0.2, -0.15) is 0 Å². The minimum Gasteiger partial charge on any atom is -0.493 e. The van der Waals surface area contributed by atoms with Crippen molar-refractivity contribution in [3.05, 3.63) is 52.2 Å². The number of nitrogens with zero attached hydrogens (tertiary/aromatic N) is 1. The molecule has 2 heterocycles. The first-order chi connectivity index (χ1) is 10.8. The first-order valence-corrected chi connectivity index (χ1v) is 8.71. The van der Waals surface area contributed by atoms with Crippen LogP contribution in [0.4, 0.5) is 0 Å². The molecule has 22 heavy (non-hydrogen) atoms. The molecule has 1 aromatic heterocycles. The fraction of sp³-hybridized carbons (Fsp3) is 0.389. The third kappa shape index (κ3) is 3.17. The second kappa shape index (κ2) is 6.97. The Morgan fingerprint density at radius 1 is 1.32 bits per heavy atom. The van der Waals surface area contributed by atoms with Crippen LogP contribution in [0.15, 0.2) is 41.8 Å². The van der Waals surface area contributed by atoms with Gasteiger partial charge < -0.3 is 9.64 Å². The van der Waals surface area contributed by atoms with E-state index in [0.29, 0.717) is 13.0 Å². The third-order valence-electron chi connectivity index (χ3n) is 4.13. The van der Waals surface area contributed by atoms with Crippen LogP contribution >= 0.6 is 11.3 Å². The van der Waals surface area contributed by atoms with Crippen molar-refractivity contribution >= 4 is 17.2 Å². The summed E-state index contributed by atoms with van der Waals surface area (Å²) in [5, 5.41) is 2.14. The standard InChI is InChI=1S/C18H21NO2S/c1-2-16-15-10-13-22-17(15)8-11-19(16)18(20)9-12-21-14-6-4-3-5-7-14/h3-7,10,13,16H,2,8-9,11-12H2,1H3. The van der Waals surface area contributed by atoms with Gasteiger partial charge in [-0.25, -0.2) is 0 Å². The van der Waals surface area contributed by atoms with E-state index in [1.54, 1.807) is 0 Å². The monoisotopic (exact) mass is 315 g/mol. The molecule has 4 heteroatoms. The molecule has 0 radical (unpaired) electrons. The number of hydrogen-bond donors (Lipinski definition) is 0. The molecule has 1 aromatic carbocycles. The van der Waals surface area contributed by atoms with Crippen LogP contribution in [0.5, 0.6) is 5.75 Å². The van der Waals surface area contributed by atoms with E-state index in [1.807, 2.05) is 46.6 Å². The van der Waals surface area contributed by atoms with Crippen molar-refractivity contribution in [2.24, 2.45) is 0 Å². The average Bonchev–Trinajstić information content (AvgIpc) is 3.03. The number of benzene rings is 1. The number of thiophene rings is 1. The maximum atomic E-state index is 12.5. The van der Waals surface area contributed by atoms with Gasteiger partial charge in [0.05, 0.1) is 19.1 Å². The normalized spacial score (nSPS) is 17.1. The zero-order valence-corrected chi connectivity index (χ0v) is 13.6. The Bertz CT molecular complexity index is 623. The lowest BCUT2D eigenvalue weighted by Crippen LogP contribution is -2.39. The Morgan fingerprint density at radius 2 is 2.14 bits per heavy atom. The Kier molecular flexibility index (Phi) is 4.78. The Morgan fingerprint density at radius 3 is 2.91 bits per heavy atom. The first-order valence-electron chi connectivity index (χ1n) is 7.83. The molecule has 1 unspecified atom stereocenters. The number of hydrogen-bond acceptors (Lipinski definition) is 3. The quantitative estimate of drug-likeness (QED) is 0.833. The summed E-state index contributed by atoms with van der Waals surface area (Å²) in [6.45, 7) is 3.42. The van der Waals surface area contributed by atoms with Crippen LogP contribution in [-0.2, 0) is 11.2 Å². The molecule has 0 N–H and O–H groups in total. The minimum absolute atomic E-state index is 0.194. The zero-order valence-electron chi connectivity index (χ0n) is 12.8. The minimum atomic E-state index is 0.194. The van der Waals surface area contributed by atoms with E-state index in [4.69, 9.17) is 4.74 Å². The van der Waals surface area contributed by atoms with Gasteiger partial charge in [-0.15, -0.1) is 11.3 Å². The lowest BCUT2D eigenvalue weighted by molar-refractivity contribution is -0.134. The highest BCUT2D eigenvalue weighted by molar-refractivity contribution is 7.10. The molecule has 0 aliphatic carbocycles. The van der Waals surface area contributed by atoms with Crippen LogP contribution in [-0.4, -0.2) is 24.0 Å². The molecule has 0 saturated heterocycles. The molecule has 1 atom stereocenters. The topological polar surface area (TPSA) is 29.5 Å². The summed E-state index contributed by atoms with van der Waals surface area (Å²) in [6.07, 6.45) is 2.38. The molecule has 116 valence electrons. The summed E-state index contributed by atoms with van der Waals surface area (Å²) in [7, 11) is 0. The van der Waals surface area contributed by atoms with Gasteiger partial charge in [-0.05, 0) is 42.0 Å². The maximum absolute atomic E-state index is 12.5. The maximum Gasteiger partial charge on any atom is 0.226 e. The SMILES string of the molecule is CCC1c2ccsc2CCN1C(=O)CCOc1ccccc1. The van der Waals surface area contributed by atoms with Crippen LogP contribution in [0.1, 0.15) is 36.2 Å². The second-order valence-corrected chi connectivity index (χ2v) is 6.47. The zero-order chi connectivity index (χ0) is 15.4. The fourth-order valence-corrected chi connectivity index (χ4v) is 3.98. The van der Waals surface area contributed by atoms with Gasteiger partial charge in [-0.1, -0.05) is 25.1 Å². The molecular weight excluding hydrogens is 294 g/mol. The Labute approximate surface area is 135 Å². The predicted molar refractivity (Wildman–Crippen MR) is 89.3 cm³/mol. The van der Waals surface area contributed by atoms with Crippen molar-refractivity contribution in [1.29, 1.82) is 0 Å². The summed E-state index contributed by atoms with van der Waals surface area (Å²) in [6, 6.07) is 12.1. The van der Waals surface area contributed by atoms with Crippen LogP contribution in [0.25, 0.3) is 0 Å². The summed E-state index contributed by atoms with van der Waals surface area (Å²) in [4.78, 5) is 16.0. The number of fused-ring (bicyclic) bond motifs is 1. The third-order valence-corrected chi connectivity index (χ3v) is 5.13. The lowest BCUT2D eigenvalue weighted by Gasteiger charge is -2.35. The lowest BCUT2D eigenvalue weighted by atomic mass is 9.97. The van der Waals surface area contributed by atoms with Crippen molar-refractivity contribution in [2.75, 3.05) is 13.2 Å². The molecule has 3 nitrogen and oxygen atoms in total. The Balaban J connectivity index is 1.58. The molecule has 1 aliphatic rings. The van der Waals surface area contributed by atoms with Gasteiger partial charge >= 0.3 is 0 Å². The van der Waals surface area contributed by atoms with Crippen molar-refractivity contribution in [1.82, 2.24) is 4.90 Å². The van der Waals surface area contributed by atoms with Gasteiger partial charge in [0.2, 0.25) is 5.91 Å². The highest BCUT2D eigenvalue weighted by atomic mass is 32.1.